The second kappa shape index (κ2) is 5.14. The smallest absolute Gasteiger partial charge is 0.293 e. The van der Waals surface area contributed by atoms with E-state index in [0.717, 1.165) is 20.9 Å². The summed E-state index contributed by atoms with van der Waals surface area (Å²) in [6.45, 7) is 2.35. The van der Waals surface area contributed by atoms with Gasteiger partial charge >= 0.3 is 0 Å². The standard InChI is InChI=1S/C12H10N4O2S2/c1-7-15-10-2-9(13-4-8-5-19-6-14-8)11(16(17)18)3-12(10)20-7/h2-3,5-6,13H,4H2,1H3. The number of nitro groups is 1. The summed E-state index contributed by atoms with van der Waals surface area (Å²) in [5, 5.41) is 17.0. The van der Waals surface area contributed by atoms with Crippen molar-refractivity contribution in [2.75, 3.05) is 5.32 Å². The van der Waals surface area contributed by atoms with Crippen LogP contribution in [0.4, 0.5) is 11.4 Å². The van der Waals surface area contributed by atoms with Crippen LogP contribution in [-0.4, -0.2) is 14.9 Å². The summed E-state index contributed by atoms with van der Waals surface area (Å²) >= 11 is 2.95. The van der Waals surface area contributed by atoms with Crippen LogP contribution >= 0.6 is 22.7 Å². The number of fused-ring (bicyclic) bond motifs is 1. The van der Waals surface area contributed by atoms with Gasteiger partial charge in [0, 0.05) is 11.4 Å². The van der Waals surface area contributed by atoms with Crippen molar-refractivity contribution in [2.24, 2.45) is 0 Å². The van der Waals surface area contributed by atoms with Gasteiger partial charge in [0.1, 0.15) is 5.69 Å². The first kappa shape index (κ1) is 12.9. The van der Waals surface area contributed by atoms with Crippen LogP contribution < -0.4 is 5.32 Å². The highest BCUT2D eigenvalue weighted by atomic mass is 32.1. The maximum Gasteiger partial charge on any atom is 0.293 e. The lowest BCUT2D eigenvalue weighted by Gasteiger charge is -2.05. The van der Waals surface area contributed by atoms with Crippen molar-refractivity contribution >= 4 is 44.3 Å². The molecule has 3 rings (SSSR count). The summed E-state index contributed by atoms with van der Waals surface area (Å²) in [5.74, 6) is 0. The molecule has 1 aromatic carbocycles. The number of aryl methyl sites for hydroxylation is 1. The molecule has 0 aliphatic rings. The Hall–Kier alpha value is -2.06. The fraction of sp³-hybridized carbons (Fsp3) is 0.167. The highest BCUT2D eigenvalue weighted by Gasteiger charge is 2.17. The fourth-order valence-corrected chi connectivity index (χ4v) is 3.28. The molecule has 0 bridgehead atoms. The molecule has 102 valence electrons. The van der Waals surface area contributed by atoms with Crippen molar-refractivity contribution in [1.82, 2.24) is 9.97 Å². The maximum atomic E-state index is 11.2. The van der Waals surface area contributed by atoms with Crippen LogP contribution in [0.1, 0.15) is 10.7 Å². The highest BCUT2D eigenvalue weighted by molar-refractivity contribution is 7.18. The molecule has 2 heterocycles. The molecule has 0 fully saturated rings. The molecular formula is C12H10N4O2S2. The molecule has 0 saturated carbocycles. The quantitative estimate of drug-likeness (QED) is 0.588. The molecule has 0 amide bonds. The average molecular weight is 306 g/mol. The SMILES string of the molecule is Cc1nc2cc(NCc3cscn3)c([N+](=O)[O-])cc2s1. The maximum absolute atomic E-state index is 11.2. The summed E-state index contributed by atoms with van der Waals surface area (Å²) in [6.07, 6.45) is 0. The minimum absolute atomic E-state index is 0.0661. The van der Waals surface area contributed by atoms with Crippen LogP contribution in [0.2, 0.25) is 0 Å². The van der Waals surface area contributed by atoms with Crippen LogP contribution in [0.3, 0.4) is 0 Å². The Morgan fingerprint density at radius 3 is 3.00 bits per heavy atom. The first-order valence-electron chi connectivity index (χ1n) is 5.80. The predicted molar refractivity (Wildman–Crippen MR) is 80.5 cm³/mol. The van der Waals surface area contributed by atoms with Gasteiger partial charge in [-0.15, -0.1) is 22.7 Å². The molecule has 20 heavy (non-hydrogen) atoms. The third kappa shape index (κ3) is 2.47. The van der Waals surface area contributed by atoms with E-state index in [2.05, 4.69) is 15.3 Å². The van der Waals surface area contributed by atoms with Crippen LogP contribution in [0.25, 0.3) is 10.2 Å². The third-order valence-corrected chi connectivity index (χ3v) is 4.32. The molecule has 6 nitrogen and oxygen atoms in total. The van der Waals surface area contributed by atoms with E-state index in [1.54, 1.807) is 17.6 Å². The summed E-state index contributed by atoms with van der Waals surface area (Å²) < 4.78 is 0.827. The molecule has 0 atom stereocenters. The molecule has 8 heteroatoms. The summed E-state index contributed by atoms with van der Waals surface area (Å²) in [5.41, 5.74) is 3.91. The minimum Gasteiger partial charge on any atom is -0.374 e. The van der Waals surface area contributed by atoms with Gasteiger partial charge in [0.2, 0.25) is 0 Å². The minimum atomic E-state index is -0.377. The van der Waals surface area contributed by atoms with Gasteiger partial charge in [-0.1, -0.05) is 0 Å². The van der Waals surface area contributed by atoms with Crippen molar-refractivity contribution in [2.45, 2.75) is 13.5 Å². The topological polar surface area (TPSA) is 81.0 Å². The number of thiazole rings is 2. The van der Waals surface area contributed by atoms with Crippen molar-refractivity contribution < 1.29 is 4.92 Å². The Balaban J connectivity index is 1.98. The Morgan fingerprint density at radius 2 is 2.30 bits per heavy atom. The summed E-state index contributed by atoms with van der Waals surface area (Å²) in [4.78, 5) is 19.3. The Labute approximate surface area is 122 Å². The molecule has 0 aliphatic heterocycles. The molecular weight excluding hydrogens is 296 g/mol. The zero-order valence-corrected chi connectivity index (χ0v) is 12.1. The average Bonchev–Trinajstić information content (AvgIpc) is 3.02. The van der Waals surface area contributed by atoms with E-state index in [4.69, 9.17) is 0 Å². The van der Waals surface area contributed by atoms with E-state index in [1.807, 2.05) is 12.3 Å². The Bertz CT molecular complexity index is 767. The zero-order valence-electron chi connectivity index (χ0n) is 10.5. The molecule has 3 aromatic rings. The van der Waals surface area contributed by atoms with Crippen molar-refractivity contribution in [3.05, 3.63) is 43.8 Å². The molecule has 0 unspecified atom stereocenters. The number of hydrogen-bond acceptors (Lipinski definition) is 7. The lowest BCUT2D eigenvalue weighted by molar-refractivity contribution is -0.383. The van der Waals surface area contributed by atoms with Crippen LogP contribution in [0.5, 0.6) is 0 Å². The van der Waals surface area contributed by atoms with Gasteiger partial charge in [0.05, 0.1) is 37.9 Å². The first-order chi connectivity index (χ1) is 9.63. The molecule has 0 spiro atoms. The molecule has 0 aliphatic carbocycles. The van der Waals surface area contributed by atoms with E-state index in [9.17, 15) is 10.1 Å². The Morgan fingerprint density at radius 1 is 1.45 bits per heavy atom. The van der Waals surface area contributed by atoms with E-state index in [-0.39, 0.29) is 10.6 Å². The van der Waals surface area contributed by atoms with Gasteiger partial charge in [-0.2, -0.15) is 0 Å². The lowest BCUT2D eigenvalue weighted by Crippen LogP contribution is -2.02. The second-order valence-corrected chi connectivity index (χ2v) is 6.11. The lowest BCUT2D eigenvalue weighted by atomic mass is 10.2. The monoisotopic (exact) mass is 306 g/mol. The van der Waals surface area contributed by atoms with Gasteiger partial charge in [-0.25, -0.2) is 9.97 Å². The van der Waals surface area contributed by atoms with Gasteiger partial charge in [-0.3, -0.25) is 10.1 Å². The number of anilines is 1. The van der Waals surface area contributed by atoms with Crippen molar-refractivity contribution in [3.8, 4) is 0 Å². The normalized spacial score (nSPS) is 10.8. The highest BCUT2D eigenvalue weighted by Crippen LogP contribution is 2.33. The molecule has 1 N–H and O–H groups in total. The number of hydrogen-bond donors (Lipinski definition) is 1. The zero-order chi connectivity index (χ0) is 14.1. The fourth-order valence-electron chi connectivity index (χ4n) is 1.88. The van der Waals surface area contributed by atoms with Gasteiger partial charge in [0.15, 0.2) is 0 Å². The number of nitro benzene ring substituents is 1. The molecule has 2 aromatic heterocycles. The largest absolute Gasteiger partial charge is 0.374 e. The Kier molecular flexibility index (Phi) is 3.33. The van der Waals surface area contributed by atoms with Crippen molar-refractivity contribution in [1.29, 1.82) is 0 Å². The van der Waals surface area contributed by atoms with Gasteiger partial charge < -0.3 is 5.32 Å². The number of nitrogens with zero attached hydrogens (tertiary/aromatic N) is 3. The van der Waals surface area contributed by atoms with E-state index in [0.29, 0.717) is 12.2 Å². The number of aromatic nitrogens is 2. The van der Waals surface area contributed by atoms with Gasteiger partial charge in [0.25, 0.3) is 5.69 Å². The number of benzene rings is 1. The van der Waals surface area contributed by atoms with Crippen LogP contribution in [-0.2, 0) is 6.54 Å². The van der Waals surface area contributed by atoms with Gasteiger partial charge in [-0.05, 0) is 13.0 Å². The second-order valence-electron chi connectivity index (χ2n) is 4.16. The number of nitrogens with one attached hydrogen (secondary N) is 1. The third-order valence-electron chi connectivity index (χ3n) is 2.75. The van der Waals surface area contributed by atoms with E-state index >= 15 is 0 Å². The van der Waals surface area contributed by atoms with Crippen molar-refractivity contribution in [3.63, 3.8) is 0 Å². The van der Waals surface area contributed by atoms with Crippen LogP contribution in [0, 0.1) is 17.0 Å². The van der Waals surface area contributed by atoms with E-state index < -0.39 is 0 Å². The first-order valence-corrected chi connectivity index (χ1v) is 7.56. The summed E-state index contributed by atoms with van der Waals surface area (Å²) in [6, 6.07) is 3.30. The van der Waals surface area contributed by atoms with E-state index in [1.165, 1.54) is 22.7 Å². The molecule has 0 radical (unpaired) electrons. The predicted octanol–water partition coefficient (Wildman–Crippen LogP) is 3.58. The summed E-state index contributed by atoms with van der Waals surface area (Å²) in [7, 11) is 0. The van der Waals surface area contributed by atoms with Crippen LogP contribution in [0.15, 0.2) is 23.0 Å². The number of rotatable bonds is 4. The molecule has 0 saturated heterocycles.